The molecule has 0 bridgehead atoms. The molecule has 0 N–H and O–H groups in total. The summed E-state index contributed by atoms with van der Waals surface area (Å²) in [4.78, 5) is 12.3. The van der Waals surface area contributed by atoms with Crippen LogP contribution in [0.5, 0.6) is 0 Å². The zero-order chi connectivity index (χ0) is 15.5. The Hall–Kier alpha value is -1.15. The standard InChI is InChI=1S/C16H16IN3OS/c1-2-9-20-15(12-3-4-12)18-19-16(20)22-10-14(21)11-5-7-13(17)8-6-11/h2,5-8,12H,1,3-4,9-10H2. The highest BCUT2D eigenvalue weighted by Crippen LogP contribution is 2.40. The lowest BCUT2D eigenvalue weighted by molar-refractivity contribution is 0.102. The topological polar surface area (TPSA) is 47.8 Å². The summed E-state index contributed by atoms with van der Waals surface area (Å²) in [6, 6.07) is 7.64. The number of hydrogen-bond acceptors (Lipinski definition) is 4. The van der Waals surface area contributed by atoms with Crippen molar-refractivity contribution >= 4 is 40.1 Å². The molecule has 1 heterocycles. The van der Waals surface area contributed by atoms with Crippen LogP contribution in [0.2, 0.25) is 0 Å². The number of hydrogen-bond donors (Lipinski definition) is 0. The third-order valence-corrected chi connectivity index (χ3v) is 5.18. The van der Waals surface area contributed by atoms with E-state index in [0.29, 0.717) is 18.2 Å². The molecular weight excluding hydrogens is 409 g/mol. The number of aromatic nitrogens is 3. The summed E-state index contributed by atoms with van der Waals surface area (Å²) in [5, 5.41) is 9.35. The Morgan fingerprint density at radius 2 is 2.09 bits per heavy atom. The van der Waals surface area contributed by atoms with Crippen molar-refractivity contribution < 1.29 is 4.79 Å². The van der Waals surface area contributed by atoms with Crippen LogP contribution in [0, 0.1) is 3.57 Å². The molecule has 0 spiro atoms. The SMILES string of the molecule is C=CCn1c(SCC(=O)c2ccc(I)cc2)nnc1C1CC1. The number of Topliss-reactive ketones (excluding diaryl/α,β-unsaturated/α-hetero) is 1. The molecular formula is C16H16IN3OS. The molecule has 1 saturated carbocycles. The maximum absolute atomic E-state index is 12.3. The molecule has 4 nitrogen and oxygen atoms in total. The average molecular weight is 425 g/mol. The van der Waals surface area contributed by atoms with Gasteiger partial charge in [0, 0.05) is 21.6 Å². The molecule has 0 atom stereocenters. The third kappa shape index (κ3) is 3.60. The monoisotopic (exact) mass is 425 g/mol. The van der Waals surface area contributed by atoms with Crippen LogP contribution in [-0.4, -0.2) is 26.3 Å². The molecule has 114 valence electrons. The van der Waals surface area contributed by atoms with Gasteiger partial charge < -0.3 is 4.57 Å². The quantitative estimate of drug-likeness (QED) is 0.292. The molecule has 1 aliphatic rings. The van der Waals surface area contributed by atoms with E-state index in [-0.39, 0.29) is 5.78 Å². The molecule has 0 aliphatic heterocycles. The number of thioether (sulfide) groups is 1. The first kappa shape index (κ1) is 15.7. The minimum absolute atomic E-state index is 0.113. The predicted molar refractivity (Wildman–Crippen MR) is 96.4 cm³/mol. The predicted octanol–water partition coefficient (Wildman–Crippen LogP) is 3.92. The fraction of sp³-hybridized carbons (Fsp3) is 0.312. The summed E-state index contributed by atoms with van der Waals surface area (Å²) in [6.45, 7) is 4.49. The summed E-state index contributed by atoms with van der Waals surface area (Å²) >= 11 is 3.68. The summed E-state index contributed by atoms with van der Waals surface area (Å²) in [5.41, 5.74) is 0.741. The normalized spacial score (nSPS) is 14.0. The Balaban J connectivity index is 1.69. The zero-order valence-corrected chi connectivity index (χ0v) is 15.0. The van der Waals surface area contributed by atoms with Crippen LogP contribution < -0.4 is 0 Å². The minimum Gasteiger partial charge on any atom is -0.302 e. The highest BCUT2D eigenvalue weighted by atomic mass is 127. The summed E-state index contributed by atoms with van der Waals surface area (Å²) in [7, 11) is 0. The van der Waals surface area contributed by atoms with Gasteiger partial charge in [-0.05, 0) is 47.6 Å². The van der Waals surface area contributed by atoms with Crippen LogP contribution >= 0.6 is 34.4 Å². The zero-order valence-electron chi connectivity index (χ0n) is 12.0. The van der Waals surface area contributed by atoms with Gasteiger partial charge in [-0.3, -0.25) is 4.79 Å². The Bertz CT molecular complexity index is 692. The Labute approximate surface area is 147 Å². The van der Waals surface area contributed by atoms with Crippen molar-refractivity contribution in [2.24, 2.45) is 0 Å². The fourth-order valence-electron chi connectivity index (χ4n) is 2.20. The van der Waals surface area contributed by atoms with Gasteiger partial charge in [-0.1, -0.05) is 30.0 Å². The lowest BCUT2D eigenvalue weighted by atomic mass is 10.2. The Kier molecular flexibility index (Phi) is 4.97. The first-order valence-electron chi connectivity index (χ1n) is 7.14. The van der Waals surface area contributed by atoms with Crippen molar-refractivity contribution in [2.45, 2.75) is 30.5 Å². The molecule has 1 aromatic carbocycles. The summed E-state index contributed by atoms with van der Waals surface area (Å²) in [5.74, 6) is 2.06. The molecule has 1 aliphatic carbocycles. The second kappa shape index (κ2) is 6.95. The molecule has 0 saturated heterocycles. The molecule has 22 heavy (non-hydrogen) atoms. The number of nitrogens with zero attached hydrogens (tertiary/aromatic N) is 3. The van der Waals surface area contributed by atoms with E-state index in [4.69, 9.17) is 0 Å². The smallest absolute Gasteiger partial charge is 0.191 e. The van der Waals surface area contributed by atoms with Gasteiger partial charge in [0.2, 0.25) is 0 Å². The van der Waals surface area contributed by atoms with Gasteiger partial charge in [0.15, 0.2) is 10.9 Å². The number of benzene rings is 1. The lowest BCUT2D eigenvalue weighted by Crippen LogP contribution is -2.06. The molecule has 6 heteroatoms. The average Bonchev–Trinajstić information content (AvgIpc) is 3.29. The van der Waals surface area contributed by atoms with Crippen molar-refractivity contribution in [1.82, 2.24) is 14.8 Å². The van der Waals surface area contributed by atoms with E-state index in [2.05, 4.69) is 43.9 Å². The van der Waals surface area contributed by atoms with Crippen LogP contribution in [0.1, 0.15) is 34.9 Å². The molecule has 2 aromatic rings. The molecule has 1 fully saturated rings. The maximum atomic E-state index is 12.3. The van der Waals surface area contributed by atoms with Crippen molar-refractivity contribution in [2.75, 3.05) is 5.75 Å². The Morgan fingerprint density at radius 3 is 2.73 bits per heavy atom. The Morgan fingerprint density at radius 1 is 1.36 bits per heavy atom. The third-order valence-electron chi connectivity index (χ3n) is 3.50. The van der Waals surface area contributed by atoms with Crippen molar-refractivity contribution in [3.63, 3.8) is 0 Å². The number of ketones is 1. The maximum Gasteiger partial charge on any atom is 0.191 e. The van der Waals surface area contributed by atoms with Gasteiger partial charge in [0.1, 0.15) is 5.82 Å². The summed E-state index contributed by atoms with van der Waals surface area (Å²) < 4.78 is 3.21. The van der Waals surface area contributed by atoms with Crippen LogP contribution in [0.15, 0.2) is 42.1 Å². The molecule has 0 unspecified atom stereocenters. The van der Waals surface area contributed by atoms with Crippen molar-refractivity contribution in [3.05, 3.63) is 51.9 Å². The molecule has 1 aromatic heterocycles. The van der Waals surface area contributed by atoms with Crippen LogP contribution in [0.4, 0.5) is 0 Å². The van der Waals surface area contributed by atoms with Gasteiger partial charge in [0.05, 0.1) is 5.75 Å². The van der Waals surface area contributed by atoms with Crippen LogP contribution in [0.25, 0.3) is 0 Å². The largest absolute Gasteiger partial charge is 0.302 e. The van der Waals surface area contributed by atoms with E-state index in [1.54, 1.807) is 0 Å². The number of allylic oxidation sites excluding steroid dienone is 1. The highest BCUT2D eigenvalue weighted by Gasteiger charge is 2.30. The lowest BCUT2D eigenvalue weighted by Gasteiger charge is -2.06. The van der Waals surface area contributed by atoms with Gasteiger partial charge in [-0.2, -0.15) is 0 Å². The van der Waals surface area contributed by atoms with Crippen molar-refractivity contribution in [3.8, 4) is 0 Å². The minimum atomic E-state index is 0.113. The number of carbonyl (C=O) groups is 1. The fourth-order valence-corrected chi connectivity index (χ4v) is 3.41. The number of carbonyl (C=O) groups excluding carboxylic acids is 1. The van der Waals surface area contributed by atoms with E-state index in [0.717, 1.165) is 20.1 Å². The van der Waals surface area contributed by atoms with Crippen LogP contribution in [-0.2, 0) is 6.54 Å². The van der Waals surface area contributed by atoms with Gasteiger partial charge in [0.25, 0.3) is 0 Å². The van der Waals surface area contributed by atoms with E-state index < -0.39 is 0 Å². The van der Waals surface area contributed by atoms with E-state index in [9.17, 15) is 4.79 Å². The van der Waals surface area contributed by atoms with Crippen LogP contribution in [0.3, 0.4) is 0 Å². The van der Waals surface area contributed by atoms with E-state index in [1.807, 2.05) is 30.3 Å². The van der Waals surface area contributed by atoms with Gasteiger partial charge in [-0.15, -0.1) is 16.8 Å². The van der Waals surface area contributed by atoms with E-state index in [1.165, 1.54) is 24.6 Å². The van der Waals surface area contributed by atoms with Gasteiger partial charge in [-0.25, -0.2) is 0 Å². The van der Waals surface area contributed by atoms with Gasteiger partial charge >= 0.3 is 0 Å². The van der Waals surface area contributed by atoms with Crippen molar-refractivity contribution in [1.29, 1.82) is 0 Å². The van der Waals surface area contributed by atoms with E-state index >= 15 is 0 Å². The molecule has 3 rings (SSSR count). The molecule has 0 radical (unpaired) electrons. The summed E-state index contributed by atoms with van der Waals surface area (Å²) in [6.07, 6.45) is 4.21. The first-order valence-corrected chi connectivity index (χ1v) is 9.21. The second-order valence-corrected chi connectivity index (χ2v) is 7.42. The number of rotatable bonds is 7. The first-order chi connectivity index (χ1) is 10.7. The molecule has 0 amide bonds. The number of halogens is 1. The highest BCUT2D eigenvalue weighted by molar-refractivity contribution is 14.1. The second-order valence-electron chi connectivity index (χ2n) is 5.23.